The van der Waals surface area contributed by atoms with E-state index in [0.29, 0.717) is 6.04 Å². The number of aromatic nitrogens is 2. The second kappa shape index (κ2) is 3.30. The topological polar surface area (TPSA) is 20.7 Å². The number of fused-ring (bicyclic) bond motifs is 3. The zero-order valence-electron chi connectivity index (χ0n) is 9.03. The molecule has 2 heterocycles. The standard InChI is InChI=1S/C13H16N2/c1-2-3-8-12-10-6-4-5-7-11(10)13-9-14-15(12)13/h4-7,9,12,14H,2-3,8H2,1H3. The van der Waals surface area contributed by atoms with Gasteiger partial charge in [0.05, 0.1) is 11.7 Å². The van der Waals surface area contributed by atoms with Crippen molar-refractivity contribution in [3.63, 3.8) is 0 Å². The zero-order chi connectivity index (χ0) is 10.3. The van der Waals surface area contributed by atoms with Crippen molar-refractivity contribution in [2.75, 3.05) is 0 Å². The molecule has 0 aliphatic carbocycles. The van der Waals surface area contributed by atoms with Gasteiger partial charge in [-0.3, -0.25) is 4.68 Å². The quantitative estimate of drug-likeness (QED) is 0.782. The number of aromatic amines is 1. The van der Waals surface area contributed by atoms with E-state index in [-0.39, 0.29) is 0 Å². The Morgan fingerprint density at radius 1 is 1.33 bits per heavy atom. The summed E-state index contributed by atoms with van der Waals surface area (Å²) in [7, 11) is 0. The van der Waals surface area contributed by atoms with Gasteiger partial charge in [-0.15, -0.1) is 0 Å². The molecular weight excluding hydrogens is 184 g/mol. The number of nitrogens with one attached hydrogen (secondary N) is 1. The molecule has 0 radical (unpaired) electrons. The summed E-state index contributed by atoms with van der Waals surface area (Å²) in [6.45, 7) is 2.25. The van der Waals surface area contributed by atoms with Gasteiger partial charge in [-0.1, -0.05) is 44.0 Å². The van der Waals surface area contributed by atoms with Crippen molar-refractivity contribution >= 4 is 0 Å². The summed E-state index contributed by atoms with van der Waals surface area (Å²) in [6, 6.07) is 9.31. The largest absolute Gasteiger partial charge is 0.303 e. The Hall–Kier alpha value is -1.44. The van der Waals surface area contributed by atoms with Crippen LogP contribution in [0.4, 0.5) is 0 Å². The van der Waals surface area contributed by atoms with E-state index in [0.717, 1.165) is 0 Å². The van der Waals surface area contributed by atoms with Gasteiger partial charge in [0.25, 0.3) is 0 Å². The van der Waals surface area contributed by atoms with E-state index in [4.69, 9.17) is 0 Å². The van der Waals surface area contributed by atoms with Gasteiger partial charge in [0.1, 0.15) is 0 Å². The number of hydrogen-bond donors (Lipinski definition) is 1. The third-order valence-corrected chi connectivity index (χ3v) is 3.34. The van der Waals surface area contributed by atoms with Crippen molar-refractivity contribution in [1.82, 2.24) is 9.78 Å². The lowest BCUT2D eigenvalue weighted by atomic mass is 10.00. The van der Waals surface area contributed by atoms with Crippen LogP contribution in [0, 0.1) is 0 Å². The van der Waals surface area contributed by atoms with Crippen molar-refractivity contribution in [2.45, 2.75) is 32.2 Å². The summed E-state index contributed by atoms with van der Waals surface area (Å²) in [5, 5.41) is 3.28. The predicted octanol–water partition coefficient (Wildman–Crippen LogP) is 3.58. The molecule has 1 unspecified atom stereocenters. The van der Waals surface area contributed by atoms with Crippen molar-refractivity contribution in [2.24, 2.45) is 0 Å². The Labute approximate surface area is 89.9 Å². The fraction of sp³-hybridized carbons (Fsp3) is 0.385. The van der Waals surface area contributed by atoms with Gasteiger partial charge in [0, 0.05) is 11.8 Å². The highest BCUT2D eigenvalue weighted by Gasteiger charge is 2.28. The van der Waals surface area contributed by atoms with E-state index in [1.54, 1.807) is 0 Å². The van der Waals surface area contributed by atoms with E-state index in [1.165, 1.54) is 36.1 Å². The summed E-state index contributed by atoms with van der Waals surface area (Å²) in [6.07, 6.45) is 5.92. The highest BCUT2D eigenvalue weighted by Crippen LogP contribution is 2.41. The SMILES string of the molecule is CCCCC1c2ccccc2-c2c[nH]n21. The molecule has 2 nitrogen and oxygen atoms in total. The lowest BCUT2D eigenvalue weighted by molar-refractivity contribution is 0.470. The third-order valence-electron chi connectivity index (χ3n) is 3.34. The summed E-state index contributed by atoms with van der Waals surface area (Å²) >= 11 is 0. The molecule has 1 aromatic carbocycles. The normalized spacial score (nSPS) is 17.8. The van der Waals surface area contributed by atoms with Gasteiger partial charge in [-0.25, -0.2) is 0 Å². The molecule has 1 aliphatic rings. The Kier molecular flexibility index (Phi) is 1.94. The van der Waals surface area contributed by atoms with Crippen LogP contribution in [-0.2, 0) is 0 Å². The first-order chi connectivity index (χ1) is 7.42. The van der Waals surface area contributed by atoms with Gasteiger partial charge in [0.2, 0.25) is 0 Å². The maximum absolute atomic E-state index is 3.28. The van der Waals surface area contributed by atoms with Crippen molar-refractivity contribution in [1.29, 1.82) is 0 Å². The van der Waals surface area contributed by atoms with E-state index >= 15 is 0 Å². The molecule has 0 amide bonds. The van der Waals surface area contributed by atoms with Crippen molar-refractivity contribution < 1.29 is 0 Å². The second-order valence-electron chi connectivity index (χ2n) is 4.27. The number of nitrogens with zero attached hydrogens (tertiary/aromatic N) is 1. The van der Waals surface area contributed by atoms with Gasteiger partial charge < -0.3 is 5.10 Å². The smallest absolute Gasteiger partial charge is 0.0830 e. The summed E-state index contributed by atoms with van der Waals surface area (Å²) in [4.78, 5) is 0. The van der Waals surface area contributed by atoms with Crippen LogP contribution in [0.5, 0.6) is 0 Å². The van der Waals surface area contributed by atoms with Crippen molar-refractivity contribution in [3.05, 3.63) is 36.0 Å². The Bertz CT molecular complexity index is 464. The Morgan fingerprint density at radius 2 is 2.20 bits per heavy atom. The first kappa shape index (κ1) is 8.84. The predicted molar refractivity (Wildman–Crippen MR) is 61.9 cm³/mol. The monoisotopic (exact) mass is 200 g/mol. The average Bonchev–Trinajstić information content (AvgIpc) is 2.43. The zero-order valence-corrected chi connectivity index (χ0v) is 9.03. The molecule has 0 fully saturated rings. The van der Waals surface area contributed by atoms with E-state index in [1.807, 2.05) is 0 Å². The first-order valence-electron chi connectivity index (χ1n) is 5.76. The number of unbranched alkanes of at least 4 members (excludes halogenated alkanes) is 1. The second-order valence-corrected chi connectivity index (χ2v) is 4.27. The average molecular weight is 200 g/mol. The molecule has 2 aromatic rings. The number of hydrogen-bond acceptors (Lipinski definition) is 0. The molecule has 0 spiro atoms. The third kappa shape index (κ3) is 1.17. The lowest BCUT2D eigenvalue weighted by Crippen LogP contribution is -2.12. The molecule has 78 valence electrons. The molecule has 2 heteroatoms. The van der Waals surface area contributed by atoms with Crippen LogP contribution in [0.3, 0.4) is 0 Å². The fourth-order valence-corrected chi connectivity index (χ4v) is 2.51. The Balaban J connectivity index is 1.99. The molecule has 0 saturated carbocycles. The molecule has 1 aliphatic heterocycles. The molecule has 1 N–H and O–H groups in total. The molecule has 0 bridgehead atoms. The first-order valence-corrected chi connectivity index (χ1v) is 5.76. The fourth-order valence-electron chi connectivity index (χ4n) is 2.51. The van der Waals surface area contributed by atoms with E-state index in [2.05, 4.69) is 47.2 Å². The van der Waals surface area contributed by atoms with Gasteiger partial charge in [-0.2, -0.15) is 0 Å². The maximum Gasteiger partial charge on any atom is 0.0830 e. The summed E-state index contributed by atoms with van der Waals surface area (Å²) in [5.41, 5.74) is 4.27. The van der Waals surface area contributed by atoms with Crippen LogP contribution < -0.4 is 0 Å². The van der Waals surface area contributed by atoms with Gasteiger partial charge >= 0.3 is 0 Å². The van der Waals surface area contributed by atoms with E-state index in [9.17, 15) is 0 Å². The van der Waals surface area contributed by atoms with Crippen LogP contribution in [-0.4, -0.2) is 9.78 Å². The van der Waals surface area contributed by atoms with Crippen LogP contribution >= 0.6 is 0 Å². The molecule has 1 aromatic heterocycles. The minimum Gasteiger partial charge on any atom is -0.303 e. The van der Waals surface area contributed by atoms with Crippen LogP contribution in [0.25, 0.3) is 11.3 Å². The lowest BCUT2D eigenvalue weighted by Gasteiger charge is -2.18. The number of rotatable bonds is 3. The molecular formula is C13H16N2. The maximum atomic E-state index is 3.28. The van der Waals surface area contributed by atoms with Crippen LogP contribution in [0.15, 0.2) is 30.5 Å². The van der Waals surface area contributed by atoms with Crippen molar-refractivity contribution in [3.8, 4) is 11.3 Å². The molecule has 1 atom stereocenters. The summed E-state index contributed by atoms with van der Waals surface area (Å²) < 4.78 is 2.31. The highest BCUT2D eigenvalue weighted by atomic mass is 15.3. The number of H-pyrrole nitrogens is 1. The summed E-state index contributed by atoms with van der Waals surface area (Å²) in [5.74, 6) is 0. The highest BCUT2D eigenvalue weighted by molar-refractivity contribution is 5.69. The minimum atomic E-state index is 0.557. The van der Waals surface area contributed by atoms with Gasteiger partial charge in [-0.05, 0) is 12.0 Å². The van der Waals surface area contributed by atoms with Gasteiger partial charge in [0.15, 0.2) is 0 Å². The molecule has 3 rings (SSSR count). The minimum absolute atomic E-state index is 0.557. The number of benzene rings is 1. The Morgan fingerprint density at radius 3 is 2.93 bits per heavy atom. The molecule has 0 saturated heterocycles. The van der Waals surface area contributed by atoms with Crippen LogP contribution in [0.2, 0.25) is 0 Å². The van der Waals surface area contributed by atoms with Crippen LogP contribution in [0.1, 0.15) is 37.8 Å². The molecule has 15 heavy (non-hydrogen) atoms. The van der Waals surface area contributed by atoms with E-state index < -0.39 is 0 Å².